The number of alkyl halides is 6. The van der Waals surface area contributed by atoms with E-state index in [4.69, 9.17) is 17.0 Å². The van der Waals surface area contributed by atoms with Crippen molar-refractivity contribution in [2.75, 3.05) is 25.5 Å². The summed E-state index contributed by atoms with van der Waals surface area (Å²) in [5.74, 6) is 1.21. The molecule has 0 saturated carbocycles. The lowest BCUT2D eigenvalue weighted by atomic mass is 9.70. The number of anilines is 1. The number of fused-ring (bicyclic) bond motifs is 4. The van der Waals surface area contributed by atoms with Crippen LogP contribution in [-0.4, -0.2) is 40.8 Å². The first-order chi connectivity index (χ1) is 26.0. The van der Waals surface area contributed by atoms with Crippen LogP contribution in [0.3, 0.4) is 0 Å². The Morgan fingerprint density at radius 3 is 2.04 bits per heavy atom. The van der Waals surface area contributed by atoms with E-state index < -0.39 is 35.2 Å². The van der Waals surface area contributed by atoms with Crippen molar-refractivity contribution in [3.05, 3.63) is 113 Å². The molecule has 13 heteroatoms. The van der Waals surface area contributed by atoms with Crippen LogP contribution in [0.1, 0.15) is 93.8 Å². The summed E-state index contributed by atoms with van der Waals surface area (Å²) in [5, 5.41) is 6.86. The van der Waals surface area contributed by atoms with E-state index in [1.165, 1.54) is 16.7 Å². The topological polar surface area (TPSA) is 46.2 Å². The maximum absolute atomic E-state index is 13.8. The number of hydrogen-bond donors (Lipinski definition) is 2. The highest BCUT2D eigenvalue weighted by Gasteiger charge is 2.54. The van der Waals surface area contributed by atoms with Gasteiger partial charge in [0.05, 0.1) is 36.8 Å². The molecule has 57 heavy (non-hydrogen) atoms. The number of hydrogen-bond acceptors (Lipinski definition) is 3. The molecular weight excluding hydrogens is 826 g/mol. The van der Waals surface area contributed by atoms with E-state index in [1.807, 2.05) is 24.3 Å². The number of halogens is 7. The molecule has 1 aromatic heterocycles. The van der Waals surface area contributed by atoms with Crippen LogP contribution >= 0.6 is 12.2 Å². The first kappa shape index (κ1) is 44.4. The Labute approximate surface area is 347 Å². The second-order valence-electron chi connectivity index (χ2n) is 17.6. The van der Waals surface area contributed by atoms with Crippen LogP contribution in [0, 0.1) is 11.8 Å². The third-order valence-electron chi connectivity index (χ3n) is 11.7. The van der Waals surface area contributed by atoms with Crippen molar-refractivity contribution in [3.8, 4) is 5.75 Å². The molecule has 0 unspecified atom stereocenters. The maximum atomic E-state index is 13.8. The molecular formula is C44H51BrF6N4OS. The molecule has 5 atom stereocenters. The van der Waals surface area contributed by atoms with Crippen LogP contribution in [0.25, 0.3) is 10.9 Å². The zero-order valence-electron chi connectivity index (χ0n) is 33.3. The van der Waals surface area contributed by atoms with Gasteiger partial charge in [-0.15, -0.1) is 6.58 Å². The number of quaternary nitrogens is 1. The van der Waals surface area contributed by atoms with Gasteiger partial charge >= 0.3 is 12.4 Å². The summed E-state index contributed by atoms with van der Waals surface area (Å²) in [6.45, 7) is 19.9. The normalized spacial score (nSPS) is 21.7. The number of piperidine rings is 3. The monoisotopic (exact) mass is 876 g/mol. The Balaban J connectivity index is 0.00000620. The fourth-order valence-corrected chi connectivity index (χ4v) is 8.92. The molecule has 3 aliphatic heterocycles. The van der Waals surface area contributed by atoms with Crippen LogP contribution in [-0.2, 0) is 29.7 Å². The third kappa shape index (κ3) is 9.63. The fourth-order valence-electron chi connectivity index (χ4n) is 8.68. The average molecular weight is 878 g/mol. The van der Waals surface area contributed by atoms with Gasteiger partial charge in [0, 0.05) is 41.6 Å². The van der Waals surface area contributed by atoms with Gasteiger partial charge < -0.3 is 36.8 Å². The van der Waals surface area contributed by atoms with Crippen molar-refractivity contribution in [2.24, 2.45) is 11.8 Å². The first-order valence-electron chi connectivity index (χ1n) is 18.9. The van der Waals surface area contributed by atoms with Gasteiger partial charge in [-0.25, -0.2) is 0 Å². The zero-order valence-corrected chi connectivity index (χ0v) is 35.7. The summed E-state index contributed by atoms with van der Waals surface area (Å²) in [5.41, 5.74) is 1.79. The lowest BCUT2D eigenvalue weighted by Crippen LogP contribution is -3.00. The summed E-state index contributed by atoms with van der Waals surface area (Å²) < 4.78 is 89.3. The van der Waals surface area contributed by atoms with Crippen molar-refractivity contribution in [1.29, 1.82) is 0 Å². The van der Waals surface area contributed by atoms with Gasteiger partial charge in [0.1, 0.15) is 24.4 Å². The molecule has 2 N–H and O–H groups in total. The van der Waals surface area contributed by atoms with Crippen molar-refractivity contribution in [3.63, 3.8) is 0 Å². The minimum Gasteiger partial charge on any atom is -1.00 e. The molecule has 0 aliphatic carbocycles. The van der Waals surface area contributed by atoms with Gasteiger partial charge in [-0.3, -0.25) is 4.98 Å². The van der Waals surface area contributed by atoms with Crippen LogP contribution in [0.5, 0.6) is 5.75 Å². The van der Waals surface area contributed by atoms with Crippen LogP contribution in [0.15, 0.2) is 79.5 Å². The molecule has 3 aliphatic rings. The minimum atomic E-state index is -5.01. The Bertz CT molecular complexity index is 2060. The molecule has 0 spiro atoms. The number of pyridine rings is 1. The Morgan fingerprint density at radius 2 is 1.49 bits per heavy atom. The lowest BCUT2D eigenvalue weighted by molar-refractivity contribution is -0.983. The first-order valence-corrected chi connectivity index (χ1v) is 19.3. The summed E-state index contributed by atoms with van der Waals surface area (Å²) in [7, 11) is 1.58. The highest BCUT2D eigenvalue weighted by atomic mass is 79.9. The average Bonchev–Trinajstić information content (AvgIpc) is 3.11. The molecule has 3 saturated heterocycles. The number of nitrogens with zero attached hydrogens (tertiary/aromatic N) is 2. The Morgan fingerprint density at radius 1 is 0.895 bits per heavy atom. The van der Waals surface area contributed by atoms with E-state index in [0.717, 1.165) is 36.9 Å². The SMILES string of the molecule is C=C[C@H]1C[N@+]2(Cc3cc(C(C)(C)C)cc(C(C)(C)C)c3)CC[C@H]1C[C@H]2[C@@H](NC(=S)Nc1cc(C(F)(F)F)cc(C(F)(F)F)c1)c1ccnc2ccc(OC)cc12.[Br-]. The van der Waals surface area contributed by atoms with Gasteiger partial charge in [0.2, 0.25) is 0 Å². The molecule has 4 heterocycles. The quantitative estimate of drug-likeness (QED) is 0.0806. The van der Waals surface area contributed by atoms with E-state index in [-0.39, 0.29) is 50.9 Å². The standard InChI is InChI=1S/C44H50F6N4OS.BrH/c1-9-27-25-54(24-26-16-29(41(2,3)4)19-30(17-26)42(5,6)7)15-13-28(27)18-38(54)39(35-12-14-51-37-11-10-34(55-8)23-36(35)37)53-40(56)52-33-21-31(43(45,46)47)20-32(22-33)44(48,49)50;/h9-12,14,16-17,19-23,27-28,38-39H,1,13,15,18,24-25H2,2-8H3,(H-,52,53,56);1H/t27-,28-,38-,39-,54+;/m0./s1. The second kappa shape index (κ2) is 16.2. The van der Waals surface area contributed by atoms with Gasteiger partial charge in [0.15, 0.2) is 5.11 Å². The van der Waals surface area contributed by atoms with Gasteiger partial charge in [-0.05, 0) is 100 Å². The molecule has 308 valence electrons. The number of thiocarbonyl (C=S) groups is 1. The molecule has 3 aromatic carbocycles. The molecule has 3 fully saturated rings. The Hall–Kier alpha value is -3.68. The number of ether oxygens (including phenoxy) is 1. The van der Waals surface area contributed by atoms with Crippen molar-refractivity contribution >= 4 is 33.9 Å². The molecule has 0 amide bonds. The molecule has 4 aromatic rings. The highest BCUT2D eigenvalue weighted by molar-refractivity contribution is 7.80. The number of rotatable bonds is 8. The predicted molar refractivity (Wildman–Crippen MR) is 215 cm³/mol. The molecule has 7 rings (SSSR count). The van der Waals surface area contributed by atoms with E-state index in [1.54, 1.807) is 13.3 Å². The number of benzene rings is 3. The fraction of sp³-hybridized carbons (Fsp3) is 0.455. The largest absolute Gasteiger partial charge is 1.00 e. The second-order valence-corrected chi connectivity index (χ2v) is 18.0. The zero-order chi connectivity index (χ0) is 41.0. The predicted octanol–water partition coefficient (Wildman–Crippen LogP) is 8.52. The van der Waals surface area contributed by atoms with E-state index in [9.17, 15) is 26.3 Å². The molecule has 0 radical (unpaired) electrons. The van der Waals surface area contributed by atoms with E-state index in [2.05, 4.69) is 88.0 Å². The number of aromatic nitrogens is 1. The van der Waals surface area contributed by atoms with Gasteiger partial charge in [-0.2, -0.15) is 26.3 Å². The van der Waals surface area contributed by atoms with Crippen LogP contribution in [0.4, 0.5) is 32.0 Å². The van der Waals surface area contributed by atoms with Crippen LogP contribution in [0.2, 0.25) is 0 Å². The van der Waals surface area contributed by atoms with Crippen molar-refractivity contribution in [2.45, 2.75) is 96.2 Å². The third-order valence-corrected chi connectivity index (χ3v) is 12.0. The summed E-state index contributed by atoms with van der Waals surface area (Å²) in [6, 6.07) is 15.2. The summed E-state index contributed by atoms with van der Waals surface area (Å²) in [4.78, 5) is 4.62. The van der Waals surface area contributed by atoms with Crippen molar-refractivity contribution in [1.82, 2.24) is 10.3 Å². The minimum absolute atomic E-state index is 0. The van der Waals surface area contributed by atoms with E-state index >= 15 is 0 Å². The highest BCUT2D eigenvalue weighted by Crippen LogP contribution is 2.49. The maximum Gasteiger partial charge on any atom is 0.416 e. The van der Waals surface area contributed by atoms with Gasteiger partial charge in [0.25, 0.3) is 0 Å². The summed E-state index contributed by atoms with van der Waals surface area (Å²) >= 11 is 5.79. The van der Waals surface area contributed by atoms with Crippen LogP contribution < -0.4 is 32.4 Å². The molecule has 2 bridgehead atoms. The number of nitrogens with one attached hydrogen (secondary N) is 2. The summed E-state index contributed by atoms with van der Waals surface area (Å²) in [6.07, 6.45) is -4.46. The van der Waals surface area contributed by atoms with Gasteiger partial charge in [-0.1, -0.05) is 53.7 Å². The van der Waals surface area contributed by atoms with Crippen molar-refractivity contribution < 1.29 is 52.5 Å². The smallest absolute Gasteiger partial charge is 0.416 e. The lowest BCUT2D eigenvalue weighted by Gasteiger charge is -2.59. The Kier molecular flexibility index (Phi) is 12.6. The molecule has 5 nitrogen and oxygen atoms in total. The van der Waals surface area contributed by atoms with E-state index in [0.29, 0.717) is 40.3 Å². The number of methoxy groups -OCH3 is 1.